The quantitative estimate of drug-likeness (QED) is 0.183. The number of para-hydroxylation sites is 2. The minimum atomic E-state index is 0.760. The molecule has 4 nitrogen and oxygen atoms in total. The monoisotopic (exact) mass is 533 g/mol. The van der Waals surface area contributed by atoms with Crippen molar-refractivity contribution in [3.05, 3.63) is 145 Å². The van der Waals surface area contributed by atoms with Crippen LogP contribution in [0.3, 0.4) is 0 Å². The number of nitrogens with zero attached hydrogens (tertiary/aromatic N) is 3. The molecule has 0 radical (unpaired) electrons. The fourth-order valence-electron chi connectivity index (χ4n) is 5.05. The first-order valence-electron chi connectivity index (χ1n) is 13.9. The Morgan fingerprint density at radius 3 is 2.37 bits per heavy atom. The Balaban J connectivity index is 1.47. The van der Waals surface area contributed by atoms with Crippen LogP contribution >= 0.6 is 0 Å². The number of hydrogen-bond acceptors (Lipinski definition) is 4. The van der Waals surface area contributed by atoms with E-state index < -0.39 is 0 Å². The number of allylic oxidation sites excluding steroid dienone is 5. The molecule has 6 rings (SSSR count). The molecule has 6 aromatic rings. The summed E-state index contributed by atoms with van der Waals surface area (Å²) in [5.41, 5.74) is 7.28. The molecule has 0 aliphatic carbocycles. The number of hydrogen-bond donors (Lipinski definition) is 0. The molecule has 3 heterocycles. The van der Waals surface area contributed by atoms with Crippen molar-refractivity contribution in [3.8, 4) is 11.3 Å². The Morgan fingerprint density at radius 1 is 0.780 bits per heavy atom. The van der Waals surface area contributed by atoms with Crippen molar-refractivity contribution in [2.24, 2.45) is 0 Å². The van der Waals surface area contributed by atoms with E-state index in [-0.39, 0.29) is 0 Å². The van der Waals surface area contributed by atoms with Gasteiger partial charge in [0, 0.05) is 22.0 Å². The molecule has 3 aromatic carbocycles. The molecule has 0 fully saturated rings. The molecule has 0 unspecified atom stereocenters. The van der Waals surface area contributed by atoms with Crippen molar-refractivity contribution < 1.29 is 4.42 Å². The first kappa shape index (κ1) is 26.0. The van der Waals surface area contributed by atoms with E-state index in [9.17, 15) is 0 Å². The molecular weight excluding hydrogens is 502 g/mol. The number of benzene rings is 3. The van der Waals surface area contributed by atoms with Gasteiger partial charge in [0.15, 0.2) is 0 Å². The summed E-state index contributed by atoms with van der Waals surface area (Å²) in [7, 11) is 0. The summed E-state index contributed by atoms with van der Waals surface area (Å²) in [4.78, 5) is 12.3. The van der Waals surface area contributed by atoms with Crippen LogP contribution in [0.15, 0.2) is 138 Å². The van der Waals surface area contributed by atoms with Crippen LogP contribution in [0.5, 0.6) is 0 Å². The number of aryl methyl sites for hydroxylation is 1. The zero-order chi connectivity index (χ0) is 28.2. The van der Waals surface area contributed by atoms with E-state index in [0.717, 1.165) is 73.8 Å². The maximum atomic E-state index is 6.39. The fraction of sp³-hybridized carbons (Fsp3) is 0.0811. The maximum absolute atomic E-state index is 6.39. The summed E-state index contributed by atoms with van der Waals surface area (Å²) in [5, 5.41) is 2.19. The molecular formula is C37H31N3O. The fourth-order valence-corrected chi connectivity index (χ4v) is 5.05. The van der Waals surface area contributed by atoms with Gasteiger partial charge in [-0.3, -0.25) is 4.90 Å². The van der Waals surface area contributed by atoms with E-state index in [1.165, 1.54) is 0 Å². The molecule has 0 aliphatic heterocycles. The zero-order valence-electron chi connectivity index (χ0n) is 23.3. The Bertz CT molecular complexity index is 1910. The number of aromatic nitrogens is 2. The van der Waals surface area contributed by atoms with Gasteiger partial charge in [0.05, 0.1) is 11.4 Å². The average molecular weight is 534 g/mol. The van der Waals surface area contributed by atoms with Crippen LogP contribution in [0.4, 0.5) is 17.3 Å². The van der Waals surface area contributed by atoms with Crippen LogP contribution in [-0.4, -0.2) is 9.97 Å². The van der Waals surface area contributed by atoms with Gasteiger partial charge in [-0.25, -0.2) is 9.97 Å². The van der Waals surface area contributed by atoms with Crippen LogP contribution in [0, 0.1) is 6.92 Å². The molecule has 0 saturated heterocycles. The Kier molecular flexibility index (Phi) is 7.29. The van der Waals surface area contributed by atoms with Crippen molar-refractivity contribution in [2.45, 2.75) is 20.3 Å². The number of rotatable bonds is 8. The Labute approximate surface area is 240 Å². The number of pyridine rings is 2. The second-order valence-corrected chi connectivity index (χ2v) is 9.89. The van der Waals surface area contributed by atoms with E-state index in [1.54, 1.807) is 0 Å². The van der Waals surface area contributed by atoms with Crippen LogP contribution in [0.25, 0.3) is 38.8 Å². The highest BCUT2D eigenvalue weighted by molar-refractivity contribution is 6.10. The topological polar surface area (TPSA) is 42.2 Å². The number of furan rings is 1. The lowest BCUT2D eigenvalue weighted by Gasteiger charge is -2.24. The van der Waals surface area contributed by atoms with Crippen molar-refractivity contribution in [1.82, 2.24) is 9.97 Å². The molecule has 0 atom stereocenters. The Hall–Kier alpha value is -5.22. The largest absolute Gasteiger partial charge is 0.455 e. The predicted octanol–water partition coefficient (Wildman–Crippen LogP) is 10.4. The van der Waals surface area contributed by atoms with Gasteiger partial charge in [0.2, 0.25) is 0 Å². The highest BCUT2D eigenvalue weighted by atomic mass is 16.3. The van der Waals surface area contributed by atoms with Gasteiger partial charge >= 0.3 is 0 Å². The maximum Gasteiger partial charge on any atom is 0.145 e. The molecule has 41 heavy (non-hydrogen) atoms. The average Bonchev–Trinajstić information content (AvgIpc) is 3.38. The summed E-state index contributed by atoms with van der Waals surface area (Å²) < 4.78 is 6.39. The van der Waals surface area contributed by atoms with Crippen LogP contribution in [-0.2, 0) is 0 Å². The first-order valence-corrected chi connectivity index (χ1v) is 13.9. The van der Waals surface area contributed by atoms with Gasteiger partial charge in [-0.1, -0.05) is 98.5 Å². The summed E-state index contributed by atoms with van der Waals surface area (Å²) in [6.45, 7) is 8.47. The van der Waals surface area contributed by atoms with Crippen molar-refractivity contribution >= 4 is 44.8 Å². The van der Waals surface area contributed by atoms with Crippen LogP contribution < -0.4 is 4.90 Å². The highest BCUT2D eigenvalue weighted by Gasteiger charge is 2.19. The first-order chi connectivity index (χ1) is 20.1. The normalized spacial score (nSPS) is 11.7. The van der Waals surface area contributed by atoms with Crippen LogP contribution in [0.2, 0.25) is 0 Å². The summed E-state index contributed by atoms with van der Waals surface area (Å²) in [5.74, 6) is 1.52. The van der Waals surface area contributed by atoms with Gasteiger partial charge in [0.25, 0.3) is 0 Å². The second kappa shape index (κ2) is 11.5. The Morgan fingerprint density at radius 2 is 1.54 bits per heavy atom. The number of anilines is 3. The molecule has 0 aliphatic rings. The molecule has 0 bridgehead atoms. The molecule has 0 saturated carbocycles. The van der Waals surface area contributed by atoms with Gasteiger partial charge < -0.3 is 4.42 Å². The van der Waals surface area contributed by atoms with E-state index in [0.29, 0.717) is 0 Å². The summed E-state index contributed by atoms with van der Waals surface area (Å²) in [6, 6.07) is 34.7. The zero-order valence-corrected chi connectivity index (χ0v) is 23.3. The predicted molar refractivity (Wildman–Crippen MR) is 172 cm³/mol. The lowest BCUT2D eigenvalue weighted by atomic mass is 10.0. The molecule has 3 aromatic heterocycles. The van der Waals surface area contributed by atoms with Gasteiger partial charge in [0.1, 0.15) is 22.8 Å². The summed E-state index contributed by atoms with van der Waals surface area (Å²) >= 11 is 0. The molecule has 4 heteroatoms. The molecule has 200 valence electrons. The standard InChI is InChI=1S/C37H31N3O/c1-4-5-6-8-15-26(2)31-19-13-22-34(38-31)40(28-16-9-7-10-17-28)35-23-14-20-32(39-35)36-27(3)24-25-30-29-18-11-12-21-33(29)41-37(30)36/h5-25H,2,4H2,1,3H3/b6-5-,15-8-. The minimum absolute atomic E-state index is 0.760. The number of fused-ring (bicyclic) bond motifs is 3. The van der Waals surface area contributed by atoms with E-state index >= 15 is 0 Å². The van der Waals surface area contributed by atoms with Gasteiger partial charge in [-0.15, -0.1) is 0 Å². The van der Waals surface area contributed by atoms with Crippen LogP contribution in [0.1, 0.15) is 24.6 Å². The lowest BCUT2D eigenvalue weighted by Crippen LogP contribution is -2.13. The SMILES string of the molecule is C=C(/C=C\C=C/CC)c1cccc(N(c2ccccc2)c2cccc(-c3c(C)ccc4c3oc3ccccc34)n2)n1. The van der Waals surface area contributed by atoms with E-state index in [2.05, 4.69) is 61.7 Å². The molecule has 0 amide bonds. The third-order valence-electron chi connectivity index (χ3n) is 7.06. The second-order valence-electron chi connectivity index (χ2n) is 9.89. The lowest BCUT2D eigenvalue weighted by molar-refractivity contribution is 0.669. The van der Waals surface area contributed by atoms with E-state index in [4.69, 9.17) is 14.4 Å². The molecule has 0 N–H and O–H groups in total. The molecule has 0 spiro atoms. The van der Waals surface area contributed by atoms with Crippen molar-refractivity contribution in [1.29, 1.82) is 0 Å². The van der Waals surface area contributed by atoms with Gasteiger partial charge in [-0.2, -0.15) is 0 Å². The third kappa shape index (κ3) is 5.20. The van der Waals surface area contributed by atoms with Crippen molar-refractivity contribution in [3.63, 3.8) is 0 Å². The van der Waals surface area contributed by atoms with Crippen molar-refractivity contribution in [2.75, 3.05) is 4.90 Å². The van der Waals surface area contributed by atoms with Gasteiger partial charge in [-0.05, 0) is 66.9 Å². The minimum Gasteiger partial charge on any atom is -0.455 e. The summed E-state index contributed by atoms with van der Waals surface area (Å²) in [6.07, 6.45) is 9.12. The smallest absolute Gasteiger partial charge is 0.145 e. The highest BCUT2D eigenvalue weighted by Crippen LogP contribution is 2.39. The third-order valence-corrected chi connectivity index (χ3v) is 7.06. The van der Waals surface area contributed by atoms with E-state index in [1.807, 2.05) is 91.0 Å².